The lowest BCUT2D eigenvalue weighted by molar-refractivity contribution is -0.698. The summed E-state index contributed by atoms with van der Waals surface area (Å²) in [6.45, 7) is 0.662. The number of rotatable bonds is 6. The van der Waals surface area contributed by atoms with Crippen molar-refractivity contribution in [2.45, 2.75) is 50.5 Å². The van der Waals surface area contributed by atoms with Gasteiger partial charge in [0.2, 0.25) is 11.7 Å². The first kappa shape index (κ1) is 19.3. The van der Waals surface area contributed by atoms with Crippen molar-refractivity contribution in [1.82, 2.24) is 15.5 Å². The summed E-state index contributed by atoms with van der Waals surface area (Å²) in [7, 11) is 0. The maximum absolute atomic E-state index is 12.8. The molecule has 1 aromatic carbocycles. The second-order valence-electron chi connectivity index (χ2n) is 9.09. The highest BCUT2D eigenvalue weighted by molar-refractivity contribution is 5.95. The van der Waals surface area contributed by atoms with Gasteiger partial charge in [0, 0.05) is 35.0 Å². The molecule has 2 aliphatic heterocycles. The summed E-state index contributed by atoms with van der Waals surface area (Å²) in [5.41, 5.74) is 2.86. The van der Waals surface area contributed by atoms with Crippen molar-refractivity contribution in [1.29, 1.82) is 0 Å². The highest BCUT2D eigenvalue weighted by Crippen LogP contribution is 2.39. The number of aliphatic imine (C=N–C) groups is 1. The Kier molecular flexibility index (Phi) is 4.79. The molecule has 2 fully saturated rings. The Bertz CT molecular complexity index is 1120. The van der Waals surface area contributed by atoms with E-state index in [9.17, 15) is 4.79 Å². The van der Waals surface area contributed by atoms with Gasteiger partial charge >= 0.3 is 0 Å². The summed E-state index contributed by atoms with van der Waals surface area (Å²) in [5.74, 6) is 3.42. The standard InChI is InChI=1S/C24H27N7O/c32-24(26-18-5-1-2-6-18)17-4-3-7-19(12-17)30-14-22-25-10-11-31(22)23(15-30)27-21-13-20(28-29-21)16-8-9-16/h3-4,7,10-13,15-16,18H,1-2,5-6,8-9,14H2,(H,26,32)(H2,27,28,29)/p+1. The Hall–Kier alpha value is -3.39. The second kappa shape index (κ2) is 7.94. The molecule has 1 unspecified atom stereocenters. The van der Waals surface area contributed by atoms with Crippen LogP contribution in [0.4, 0.5) is 11.5 Å². The number of nitrogens with zero attached hydrogens (tertiary/aromatic N) is 3. The molecule has 0 bridgehead atoms. The molecule has 1 amide bonds. The Labute approximate surface area is 187 Å². The first-order valence-electron chi connectivity index (χ1n) is 11.6. The van der Waals surface area contributed by atoms with Crippen molar-refractivity contribution in [3.8, 4) is 0 Å². The summed E-state index contributed by atoms with van der Waals surface area (Å²) >= 11 is 0. The molecular weight excluding hydrogens is 402 g/mol. The number of aromatic nitrogens is 2. The van der Waals surface area contributed by atoms with Gasteiger partial charge in [0.15, 0.2) is 5.82 Å². The molecule has 2 aliphatic carbocycles. The van der Waals surface area contributed by atoms with E-state index in [-0.39, 0.29) is 5.91 Å². The molecule has 4 aliphatic rings. The largest absolute Gasteiger partial charge is 0.349 e. The normalized spacial score (nSPS) is 22.5. The highest BCUT2D eigenvalue weighted by atomic mass is 16.1. The van der Waals surface area contributed by atoms with Gasteiger partial charge in [-0.2, -0.15) is 5.10 Å². The van der Waals surface area contributed by atoms with Crippen LogP contribution in [0.5, 0.6) is 0 Å². The number of fused-ring (bicyclic) bond motifs is 1. The van der Waals surface area contributed by atoms with Crippen LogP contribution in [0.3, 0.4) is 0 Å². The number of anilines is 2. The van der Waals surface area contributed by atoms with E-state index in [2.05, 4.69) is 43.0 Å². The molecule has 1 aromatic heterocycles. The highest BCUT2D eigenvalue weighted by Gasteiger charge is 2.33. The van der Waals surface area contributed by atoms with Gasteiger partial charge in [-0.25, -0.2) is 9.89 Å². The third-order valence-electron chi connectivity index (χ3n) is 6.69. The van der Waals surface area contributed by atoms with Crippen LogP contribution in [0.25, 0.3) is 0 Å². The van der Waals surface area contributed by atoms with E-state index in [1.165, 1.54) is 31.4 Å². The van der Waals surface area contributed by atoms with Crippen molar-refractivity contribution >= 4 is 23.2 Å². The lowest BCUT2D eigenvalue weighted by Crippen LogP contribution is -3.10. The molecule has 4 N–H and O–H groups in total. The molecule has 0 saturated heterocycles. The number of H-pyrrole nitrogens is 1. The van der Waals surface area contributed by atoms with Crippen LogP contribution in [0.2, 0.25) is 0 Å². The number of hydrogen-bond donors (Lipinski definition) is 4. The van der Waals surface area contributed by atoms with E-state index in [1.807, 2.05) is 36.7 Å². The molecule has 2 saturated carbocycles. The van der Waals surface area contributed by atoms with Gasteiger partial charge in [0.25, 0.3) is 5.91 Å². The van der Waals surface area contributed by atoms with E-state index in [0.29, 0.717) is 24.1 Å². The summed E-state index contributed by atoms with van der Waals surface area (Å²) in [5, 5.41) is 14.3. The van der Waals surface area contributed by atoms with Crippen LogP contribution < -0.4 is 20.4 Å². The van der Waals surface area contributed by atoms with Crippen LogP contribution in [0.15, 0.2) is 59.7 Å². The molecule has 2 aromatic rings. The van der Waals surface area contributed by atoms with Gasteiger partial charge in [-0.05, 0) is 43.9 Å². The number of amidine groups is 1. The number of carbonyl (C=O) groups is 1. The second-order valence-corrected chi connectivity index (χ2v) is 9.09. The van der Waals surface area contributed by atoms with Crippen LogP contribution in [-0.4, -0.2) is 34.5 Å². The first-order valence-corrected chi connectivity index (χ1v) is 11.6. The van der Waals surface area contributed by atoms with Gasteiger partial charge in [0.05, 0.1) is 12.4 Å². The minimum atomic E-state index is 0.00865. The quantitative estimate of drug-likeness (QED) is 0.567. The lowest BCUT2D eigenvalue weighted by Gasteiger charge is -2.29. The SMILES string of the molecule is O=C(NC1CCCC1)c1cccc(N2C=C(Nc3cc(C4CC4)[nH]n3)[NH+]3C=CN=C3C2)c1. The number of amides is 1. The fourth-order valence-electron chi connectivity index (χ4n) is 4.74. The van der Waals surface area contributed by atoms with Crippen molar-refractivity contribution in [2.24, 2.45) is 4.99 Å². The monoisotopic (exact) mass is 430 g/mol. The molecule has 8 nitrogen and oxygen atoms in total. The zero-order chi connectivity index (χ0) is 21.5. The number of benzene rings is 1. The fraction of sp³-hybridized carbons (Fsp3) is 0.375. The lowest BCUT2D eigenvalue weighted by atomic mass is 10.1. The molecule has 0 spiro atoms. The zero-order valence-corrected chi connectivity index (χ0v) is 18.0. The van der Waals surface area contributed by atoms with E-state index in [1.54, 1.807) is 0 Å². The van der Waals surface area contributed by atoms with Crippen molar-refractivity contribution < 1.29 is 9.69 Å². The smallest absolute Gasteiger partial charge is 0.251 e. The maximum atomic E-state index is 12.8. The Morgan fingerprint density at radius 2 is 2.03 bits per heavy atom. The van der Waals surface area contributed by atoms with Gasteiger partial charge in [-0.3, -0.25) is 15.2 Å². The van der Waals surface area contributed by atoms with Gasteiger partial charge in [0.1, 0.15) is 12.7 Å². The maximum Gasteiger partial charge on any atom is 0.251 e. The average molecular weight is 431 g/mol. The molecule has 1 atom stereocenters. The third kappa shape index (κ3) is 3.82. The average Bonchev–Trinajstić information content (AvgIpc) is 3.19. The van der Waals surface area contributed by atoms with Gasteiger partial charge < -0.3 is 10.2 Å². The Morgan fingerprint density at radius 3 is 2.88 bits per heavy atom. The van der Waals surface area contributed by atoms with Gasteiger partial charge in [-0.1, -0.05) is 18.9 Å². The summed E-state index contributed by atoms with van der Waals surface area (Å²) in [6, 6.07) is 10.2. The minimum Gasteiger partial charge on any atom is -0.349 e. The van der Waals surface area contributed by atoms with E-state index in [0.717, 1.165) is 40.9 Å². The topological polar surface area (TPSA) is 89.9 Å². The van der Waals surface area contributed by atoms with E-state index >= 15 is 0 Å². The van der Waals surface area contributed by atoms with E-state index < -0.39 is 0 Å². The molecule has 32 heavy (non-hydrogen) atoms. The summed E-state index contributed by atoms with van der Waals surface area (Å²) < 4.78 is 0. The van der Waals surface area contributed by atoms with Crippen molar-refractivity contribution in [3.05, 3.63) is 66.0 Å². The minimum absolute atomic E-state index is 0.00865. The Morgan fingerprint density at radius 1 is 1.16 bits per heavy atom. The van der Waals surface area contributed by atoms with Crippen LogP contribution >= 0.6 is 0 Å². The number of carbonyl (C=O) groups excluding carboxylic acids is 1. The molecule has 8 heteroatoms. The molecule has 3 heterocycles. The number of hydrogen-bond acceptors (Lipinski definition) is 5. The third-order valence-corrected chi connectivity index (χ3v) is 6.69. The van der Waals surface area contributed by atoms with E-state index in [4.69, 9.17) is 0 Å². The molecule has 6 rings (SSSR count). The van der Waals surface area contributed by atoms with Crippen LogP contribution in [-0.2, 0) is 0 Å². The molecular formula is C24H28N7O+. The van der Waals surface area contributed by atoms with Crippen molar-refractivity contribution in [3.63, 3.8) is 0 Å². The van der Waals surface area contributed by atoms with Crippen molar-refractivity contribution in [2.75, 3.05) is 16.8 Å². The van der Waals surface area contributed by atoms with Crippen LogP contribution in [0.1, 0.15) is 60.5 Å². The fourth-order valence-corrected chi connectivity index (χ4v) is 4.74. The number of nitrogens with one attached hydrogen (secondary N) is 4. The first-order chi connectivity index (χ1) is 15.7. The Balaban J connectivity index is 1.24. The molecule has 164 valence electrons. The zero-order valence-electron chi connectivity index (χ0n) is 18.0. The predicted molar refractivity (Wildman–Crippen MR) is 123 cm³/mol. The predicted octanol–water partition coefficient (Wildman–Crippen LogP) is 2.46. The molecule has 0 radical (unpaired) electrons. The van der Waals surface area contributed by atoms with Gasteiger partial charge in [-0.15, -0.1) is 0 Å². The summed E-state index contributed by atoms with van der Waals surface area (Å²) in [4.78, 5) is 20.6. The number of aromatic amines is 1. The number of quaternary nitrogens is 1. The van der Waals surface area contributed by atoms with Crippen LogP contribution in [0, 0.1) is 0 Å². The summed E-state index contributed by atoms with van der Waals surface area (Å²) in [6.07, 6.45) is 13.0.